The predicted molar refractivity (Wildman–Crippen MR) is 71.8 cm³/mol. The van der Waals surface area contributed by atoms with Gasteiger partial charge in [-0.15, -0.1) is 10.2 Å². The highest BCUT2D eigenvalue weighted by Gasteiger charge is 2.25. The van der Waals surface area contributed by atoms with Gasteiger partial charge >= 0.3 is 0 Å². The van der Waals surface area contributed by atoms with Crippen LogP contribution in [0.15, 0.2) is 4.34 Å². The SMILES string of the molecule is CN(C)CC(C)(C)CNS(=O)(=O)c1nnc(N)s1. The lowest BCUT2D eigenvalue weighted by Gasteiger charge is -2.28. The molecule has 0 spiro atoms. The molecule has 1 heterocycles. The summed E-state index contributed by atoms with van der Waals surface area (Å²) in [6, 6.07) is 0. The van der Waals surface area contributed by atoms with Crippen LogP contribution in [0.25, 0.3) is 0 Å². The quantitative estimate of drug-likeness (QED) is 0.765. The molecule has 7 nitrogen and oxygen atoms in total. The maximum atomic E-state index is 11.9. The molecule has 9 heteroatoms. The van der Waals surface area contributed by atoms with Crippen molar-refractivity contribution in [2.45, 2.75) is 18.2 Å². The van der Waals surface area contributed by atoms with E-state index < -0.39 is 10.0 Å². The topological polar surface area (TPSA) is 101 Å². The molecule has 1 aromatic rings. The Bertz CT molecular complexity index is 495. The summed E-state index contributed by atoms with van der Waals surface area (Å²) >= 11 is 0.854. The summed E-state index contributed by atoms with van der Waals surface area (Å²) in [6.07, 6.45) is 0. The van der Waals surface area contributed by atoms with Crippen molar-refractivity contribution in [1.29, 1.82) is 0 Å². The van der Waals surface area contributed by atoms with E-state index in [4.69, 9.17) is 5.73 Å². The normalized spacial score (nSPS) is 13.2. The van der Waals surface area contributed by atoms with Gasteiger partial charge in [-0.05, 0) is 19.5 Å². The van der Waals surface area contributed by atoms with Crippen LogP contribution in [0.4, 0.5) is 5.13 Å². The molecule has 0 amide bonds. The van der Waals surface area contributed by atoms with Gasteiger partial charge in [0, 0.05) is 13.1 Å². The Morgan fingerprint density at radius 2 is 2.00 bits per heavy atom. The van der Waals surface area contributed by atoms with Crippen LogP contribution < -0.4 is 10.5 Å². The van der Waals surface area contributed by atoms with Crippen LogP contribution in [0.2, 0.25) is 0 Å². The van der Waals surface area contributed by atoms with Gasteiger partial charge in [-0.2, -0.15) is 0 Å². The Kier molecular flexibility index (Phi) is 4.65. The second kappa shape index (κ2) is 5.47. The van der Waals surface area contributed by atoms with Gasteiger partial charge in [0.25, 0.3) is 10.0 Å². The van der Waals surface area contributed by atoms with Crippen LogP contribution in [-0.2, 0) is 10.0 Å². The van der Waals surface area contributed by atoms with Gasteiger partial charge < -0.3 is 10.6 Å². The van der Waals surface area contributed by atoms with Gasteiger partial charge in [0.1, 0.15) is 0 Å². The summed E-state index contributed by atoms with van der Waals surface area (Å²) in [7, 11) is 0.280. The van der Waals surface area contributed by atoms with Gasteiger partial charge in [-0.3, -0.25) is 0 Å². The fraction of sp³-hybridized carbons (Fsp3) is 0.778. The van der Waals surface area contributed by atoms with Crippen LogP contribution in [0.1, 0.15) is 13.8 Å². The number of nitrogens with one attached hydrogen (secondary N) is 1. The molecule has 0 radical (unpaired) electrons. The molecule has 18 heavy (non-hydrogen) atoms. The van der Waals surface area contributed by atoms with E-state index in [0.717, 1.165) is 17.9 Å². The van der Waals surface area contributed by atoms with Crippen molar-refractivity contribution in [3.8, 4) is 0 Å². The lowest BCUT2D eigenvalue weighted by Crippen LogP contribution is -2.39. The zero-order valence-electron chi connectivity index (χ0n) is 11.0. The third kappa shape index (κ3) is 4.48. The first kappa shape index (κ1) is 15.3. The van der Waals surface area contributed by atoms with E-state index in [1.165, 1.54) is 0 Å². The predicted octanol–water partition coefficient (Wildman–Crippen LogP) is -0.0136. The number of hydrogen-bond acceptors (Lipinski definition) is 7. The Morgan fingerprint density at radius 1 is 1.39 bits per heavy atom. The number of anilines is 1. The molecular formula is C9H19N5O2S2. The van der Waals surface area contributed by atoms with Crippen molar-refractivity contribution in [3.63, 3.8) is 0 Å². The molecule has 0 aliphatic rings. The molecule has 0 saturated carbocycles. The summed E-state index contributed by atoms with van der Waals surface area (Å²) in [6.45, 7) is 5.08. The van der Waals surface area contributed by atoms with Gasteiger partial charge in [-0.25, -0.2) is 13.1 Å². The number of nitrogens with two attached hydrogens (primary N) is 1. The van der Waals surface area contributed by atoms with Gasteiger partial charge in [0.05, 0.1) is 0 Å². The standard InChI is InChI=1S/C9H19N5O2S2/c1-9(2,6-14(3)4)5-11-18(15,16)8-13-12-7(10)17-8/h11H,5-6H2,1-4H3,(H2,10,12). The highest BCUT2D eigenvalue weighted by molar-refractivity contribution is 7.91. The van der Waals surface area contributed by atoms with E-state index in [0.29, 0.717) is 6.54 Å². The van der Waals surface area contributed by atoms with E-state index in [-0.39, 0.29) is 14.9 Å². The summed E-state index contributed by atoms with van der Waals surface area (Å²) in [5.41, 5.74) is 5.20. The Labute approximate surface area is 111 Å². The third-order valence-corrected chi connectivity index (χ3v) is 4.66. The smallest absolute Gasteiger partial charge is 0.269 e. The molecule has 0 unspecified atom stereocenters. The molecule has 0 fully saturated rings. The minimum absolute atomic E-state index is 0.0966. The molecule has 104 valence electrons. The zero-order chi connectivity index (χ0) is 14.0. The highest BCUT2D eigenvalue weighted by Crippen LogP contribution is 2.19. The van der Waals surface area contributed by atoms with Crippen LogP contribution in [0, 0.1) is 5.41 Å². The van der Waals surface area contributed by atoms with Crippen LogP contribution >= 0.6 is 11.3 Å². The van der Waals surface area contributed by atoms with Crippen molar-refractivity contribution in [3.05, 3.63) is 0 Å². The fourth-order valence-corrected chi connectivity index (χ4v) is 3.66. The number of hydrogen-bond donors (Lipinski definition) is 2. The Morgan fingerprint density at radius 3 is 2.44 bits per heavy atom. The van der Waals surface area contributed by atoms with Gasteiger partial charge in [-0.1, -0.05) is 25.2 Å². The fourth-order valence-electron chi connectivity index (χ4n) is 1.59. The van der Waals surface area contributed by atoms with E-state index in [9.17, 15) is 8.42 Å². The first-order chi connectivity index (χ1) is 8.12. The Hall–Kier alpha value is -0.770. The van der Waals surface area contributed by atoms with Crippen LogP contribution in [0.3, 0.4) is 0 Å². The molecule has 0 aliphatic heterocycles. The summed E-state index contributed by atoms with van der Waals surface area (Å²) < 4.78 is 26.2. The molecule has 1 aromatic heterocycles. The van der Waals surface area contributed by atoms with Crippen molar-refractivity contribution in [1.82, 2.24) is 19.8 Å². The number of rotatable bonds is 6. The van der Waals surface area contributed by atoms with Crippen LogP contribution in [-0.4, -0.2) is 50.7 Å². The largest absolute Gasteiger partial charge is 0.374 e. The minimum atomic E-state index is -3.61. The number of nitrogens with zero attached hydrogens (tertiary/aromatic N) is 3. The maximum absolute atomic E-state index is 11.9. The van der Waals surface area contributed by atoms with Crippen molar-refractivity contribution >= 4 is 26.5 Å². The molecule has 0 atom stereocenters. The van der Waals surface area contributed by atoms with Gasteiger partial charge in [0.15, 0.2) is 0 Å². The number of aromatic nitrogens is 2. The summed E-state index contributed by atoms with van der Waals surface area (Å²) in [4.78, 5) is 2.01. The maximum Gasteiger partial charge on any atom is 0.269 e. The molecule has 0 saturated heterocycles. The van der Waals surface area contributed by atoms with Crippen molar-refractivity contribution < 1.29 is 8.42 Å². The lowest BCUT2D eigenvalue weighted by molar-refractivity contribution is 0.242. The molecular weight excluding hydrogens is 274 g/mol. The molecule has 0 aliphatic carbocycles. The minimum Gasteiger partial charge on any atom is -0.374 e. The average Bonchev–Trinajstić information content (AvgIpc) is 2.61. The average molecular weight is 293 g/mol. The third-order valence-electron chi connectivity index (χ3n) is 2.14. The molecule has 3 N–H and O–H groups in total. The monoisotopic (exact) mass is 293 g/mol. The lowest BCUT2D eigenvalue weighted by atomic mass is 9.93. The summed E-state index contributed by atoms with van der Waals surface area (Å²) in [5, 5.41) is 7.17. The van der Waals surface area contributed by atoms with Crippen molar-refractivity contribution in [2.75, 3.05) is 32.9 Å². The van der Waals surface area contributed by atoms with E-state index >= 15 is 0 Å². The summed E-state index contributed by atoms with van der Waals surface area (Å²) in [5.74, 6) is 0. The number of nitrogen functional groups attached to an aromatic ring is 1. The zero-order valence-corrected chi connectivity index (χ0v) is 12.6. The van der Waals surface area contributed by atoms with E-state index in [2.05, 4.69) is 14.9 Å². The second-order valence-electron chi connectivity index (χ2n) is 5.13. The van der Waals surface area contributed by atoms with E-state index in [1.54, 1.807) is 0 Å². The number of sulfonamides is 1. The molecule has 1 rings (SSSR count). The highest BCUT2D eigenvalue weighted by atomic mass is 32.2. The first-order valence-corrected chi connectivity index (χ1v) is 7.66. The van der Waals surface area contributed by atoms with Gasteiger partial charge in [0.2, 0.25) is 9.47 Å². The van der Waals surface area contributed by atoms with E-state index in [1.807, 2.05) is 32.8 Å². The second-order valence-corrected chi connectivity index (χ2v) is 8.08. The van der Waals surface area contributed by atoms with Crippen molar-refractivity contribution in [2.24, 2.45) is 5.41 Å². The first-order valence-electron chi connectivity index (χ1n) is 5.36. The molecule has 0 aromatic carbocycles. The molecule has 0 bridgehead atoms. The van der Waals surface area contributed by atoms with Crippen LogP contribution in [0.5, 0.6) is 0 Å². The Balaban J connectivity index is 2.68.